The molecular weight excluding hydrogens is 406 g/mol. The Kier molecular flexibility index (Phi) is 5.85. The summed E-state index contributed by atoms with van der Waals surface area (Å²) in [6.07, 6.45) is 3.15. The van der Waals surface area contributed by atoms with Crippen molar-refractivity contribution >= 4 is 29.1 Å². The van der Waals surface area contributed by atoms with Gasteiger partial charge in [0.2, 0.25) is 0 Å². The van der Waals surface area contributed by atoms with Gasteiger partial charge in [-0.2, -0.15) is 0 Å². The van der Waals surface area contributed by atoms with Crippen LogP contribution in [0.15, 0.2) is 35.4 Å². The van der Waals surface area contributed by atoms with Crippen LogP contribution in [0.25, 0.3) is 0 Å². The van der Waals surface area contributed by atoms with E-state index in [4.69, 9.17) is 16.3 Å². The molecule has 1 unspecified atom stereocenters. The predicted octanol–water partition coefficient (Wildman–Crippen LogP) is 2.74. The summed E-state index contributed by atoms with van der Waals surface area (Å²) in [5.41, 5.74) is 0.690. The van der Waals surface area contributed by atoms with Crippen LogP contribution in [-0.4, -0.2) is 59.3 Å². The van der Waals surface area contributed by atoms with Gasteiger partial charge in [0.05, 0.1) is 18.1 Å². The Balaban J connectivity index is 1.46. The van der Waals surface area contributed by atoms with Crippen LogP contribution >= 0.6 is 11.6 Å². The van der Waals surface area contributed by atoms with E-state index in [-0.39, 0.29) is 17.6 Å². The summed E-state index contributed by atoms with van der Waals surface area (Å²) in [5.74, 6) is 1.34. The number of hydrogen-bond donors (Lipinski definition) is 0. The lowest BCUT2D eigenvalue weighted by atomic mass is 10.1. The highest BCUT2D eigenvalue weighted by molar-refractivity contribution is 6.30. The summed E-state index contributed by atoms with van der Waals surface area (Å²) < 4.78 is 7.23. The van der Waals surface area contributed by atoms with Gasteiger partial charge in [0, 0.05) is 50.4 Å². The van der Waals surface area contributed by atoms with Crippen molar-refractivity contribution in [1.82, 2.24) is 14.5 Å². The number of amides is 2. The first kappa shape index (κ1) is 20.5. The fourth-order valence-electron chi connectivity index (χ4n) is 3.94. The monoisotopic (exact) mass is 431 g/mol. The second-order valence-electron chi connectivity index (χ2n) is 7.80. The predicted molar refractivity (Wildman–Crippen MR) is 117 cm³/mol. The zero-order chi connectivity index (χ0) is 21.3. The summed E-state index contributed by atoms with van der Waals surface area (Å²) in [6, 6.07) is 6.89. The average molecular weight is 432 g/mol. The molecule has 2 aliphatic rings. The Labute approximate surface area is 180 Å². The van der Waals surface area contributed by atoms with E-state index in [1.165, 1.54) is 4.57 Å². The minimum Gasteiger partial charge on any atom is -0.489 e. The van der Waals surface area contributed by atoms with Gasteiger partial charge >= 0.3 is 6.03 Å². The number of hydrogen-bond acceptors (Lipinski definition) is 5. The molecule has 3 heterocycles. The van der Waals surface area contributed by atoms with Gasteiger partial charge in [-0.15, -0.1) is 0 Å². The van der Waals surface area contributed by atoms with Crippen LogP contribution in [0.2, 0.25) is 5.02 Å². The average Bonchev–Trinajstić information content (AvgIpc) is 2.70. The summed E-state index contributed by atoms with van der Waals surface area (Å²) in [5, 5.41) is 0.589. The van der Waals surface area contributed by atoms with Gasteiger partial charge in [-0.25, -0.2) is 9.78 Å². The fourth-order valence-corrected chi connectivity index (χ4v) is 4.10. The highest BCUT2D eigenvalue weighted by atomic mass is 35.5. The highest BCUT2D eigenvalue weighted by Gasteiger charge is 2.33. The maximum absolute atomic E-state index is 13.4. The molecule has 0 radical (unpaired) electrons. The minimum absolute atomic E-state index is 0.00507. The standard InChI is InChI=1S/C21H26ClN5O3/c1-15-13-30-18-11-16(22)5-6-17(18)27(15)21(29)26-9-3-7-25(8-4-10-26)19-12-20(28)24(2)14-23-19/h5-6,11-12,14-15H,3-4,7-10,13H2,1-2H3. The van der Waals surface area contributed by atoms with Crippen molar-refractivity contribution in [2.24, 2.45) is 7.05 Å². The van der Waals surface area contributed by atoms with Crippen LogP contribution in [0.4, 0.5) is 16.3 Å². The number of nitrogens with zero attached hydrogens (tertiary/aromatic N) is 5. The molecule has 0 bridgehead atoms. The van der Waals surface area contributed by atoms with Gasteiger partial charge in [-0.1, -0.05) is 11.6 Å². The van der Waals surface area contributed by atoms with E-state index in [2.05, 4.69) is 9.88 Å². The van der Waals surface area contributed by atoms with Gasteiger partial charge < -0.3 is 19.1 Å². The Morgan fingerprint density at radius 1 is 1.17 bits per heavy atom. The van der Waals surface area contributed by atoms with Gasteiger partial charge in [0.15, 0.2) is 0 Å². The smallest absolute Gasteiger partial charge is 0.324 e. The molecule has 4 rings (SSSR count). The fraction of sp³-hybridized carbons (Fsp3) is 0.476. The molecule has 1 atom stereocenters. The lowest BCUT2D eigenvalue weighted by Gasteiger charge is -2.39. The molecule has 0 aliphatic carbocycles. The number of rotatable bonds is 1. The number of aryl methyl sites for hydroxylation is 1. The molecule has 1 aromatic heterocycles. The summed E-state index contributed by atoms with van der Waals surface area (Å²) in [6.45, 7) is 5.21. The van der Waals surface area contributed by atoms with E-state index in [1.54, 1.807) is 31.6 Å². The lowest BCUT2D eigenvalue weighted by molar-refractivity contribution is 0.190. The Hall–Kier alpha value is -2.74. The minimum atomic E-state index is -0.0704. The highest BCUT2D eigenvalue weighted by Crippen LogP contribution is 2.36. The van der Waals surface area contributed by atoms with E-state index in [0.29, 0.717) is 36.3 Å². The van der Waals surface area contributed by atoms with Gasteiger partial charge in [-0.05, 0) is 31.9 Å². The van der Waals surface area contributed by atoms with Crippen LogP contribution in [0.3, 0.4) is 0 Å². The Morgan fingerprint density at radius 2 is 1.90 bits per heavy atom. The molecule has 1 aromatic carbocycles. The molecule has 2 amide bonds. The third-order valence-electron chi connectivity index (χ3n) is 5.58. The molecule has 1 fully saturated rings. The van der Waals surface area contributed by atoms with Crippen molar-refractivity contribution < 1.29 is 9.53 Å². The first-order valence-electron chi connectivity index (χ1n) is 10.2. The van der Waals surface area contributed by atoms with Crippen LogP contribution in [0, 0.1) is 0 Å². The van der Waals surface area contributed by atoms with Crippen LogP contribution < -0.4 is 20.1 Å². The topological polar surface area (TPSA) is 70.9 Å². The van der Waals surface area contributed by atoms with E-state index in [9.17, 15) is 9.59 Å². The number of ether oxygens (including phenoxy) is 1. The Morgan fingerprint density at radius 3 is 2.60 bits per heavy atom. The third-order valence-corrected chi connectivity index (χ3v) is 5.81. The van der Waals surface area contributed by atoms with Crippen molar-refractivity contribution in [3.8, 4) is 5.75 Å². The number of halogens is 1. The number of carbonyl (C=O) groups is 1. The summed E-state index contributed by atoms with van der Waals surface area (Å²) in [4.78, 5) is 35.6. The zero-order valence-electron chi connectivity index (χ0n) is 17.3. The number of aromatic nitrogens is 2. The number of benzene rings is 1. The van der Waals surface area contributed by atoms with Crippen molar-refractivity contribution in [3.05, 3.63) is 46.0 Å². The molecular formula is C21H26ClN5O3. The van der Waals surface area contributed by atoms with E-state index in [1.807, 2.05) is 22.8 Å². The number of anilines is 2. The third kappa shape index (κ3) is 4.09. The first-order valence-corrected chi connectivity index (χ1v) is 10.6. The van der Waals surface area contributed by atoms with Crippen molar-refractivity contribution in [2.75, 3.05) is 42.6 Å². The van der Waals surface area contributed by atoms with E-state index < -0.39 is 0 Å². The zero-order valence-corrected chi connectivity index (χ0v) is 18.0. The molecule has 0 N–H and O–H groups in total. The lowest BCUT2D eigenvalue weighted by Crippen LogP contribution is -2.52. The quantitative estimate of drug-likeness (QED) is 0.694. The maximum atomic E-state index is 13.4. The van der Waals surface area contributed by atoms with Gasteiger partial charge in [-0.3, -0.25) is 9.69 Å². The SMILES string of the molecule is CC1COc2cc(Cl)ccc2N1C(=O)N1CCCN(c2cc(=O)n(C)cn2)CCC1. The molecule has 2 aromatic rings. The van der Waals surface area contributed by atoms with Crippen molar-refractivity contribution in [2.45, 2.75) is 25.8 Å². The number of urea groups is 1. The van der Waals surface area contributed by atoms with Crippen molar-refractivity contribution in [1.29, 1.82) is 0 Å². The molecule has 2 aliphatic heterocycles. The maximum Gasteiger partial charge on any atom is 0.324 e. The van der Waals surface area contributed by atoms with E-state index >= 15 is 0 Å². The van der Waals surface area contributed by atoms with Gasteiger partial charge in [0.25, 0.3) is 5.56 Å². The number of carbonyl (C=O) groups excluding carboxylic acids is 1. The molecule has 1 saturated heterocycles. The second kappa shape index (κ2) is 8.55. The second-order valence-corrected chi connectivity index (χ2v) is 8.24. The molecule has 160 valence electrons. The molecule has 0 saturated carbocycles. The van der Waals surface area contributed by atoms with Crippen molar-refractivity contribution in [3.63, 3.8) is 0 Å². The van der Waals surface area contributed by atoms with Crippen LogP contribution in [0.1, 0.15) is 19.8 Å². The summed E-state index contributed by atoms with van der Waals surface area (Å²) >= 11 is 6.09. The normalized spacial score (nSPS) is 19.6. The molecule has 9 heteroatoms. The number of fused-ring (bicyclic) bond motifs is 1. The Bertz CT molecular complexity index is 985. The van der Waals surface area contributed by atoms with Crippen LogP contribution in [-0.2, 0) is 7.05 Å². The largest absolute Gasteiger partial charge is 0.489 e. The molecule has 8 nitrogen and oxygen atoms in total. The van der Waals surface area contributed by atoms with Gasteiger partial charge in [0.1, 0.15) is 18.2 Å². The van der Waals surface area contributed by atoms with Crippen LogP contribution in [0.5, 0.6) is 5.75 Å². The summed E-state index contributed by atoms with van der Waals surface area (Å²) in [7, 11) is 1.69. The van der Waals surface area contributed by atoms with E-state index in [0.717, 1.165) is 31.6 Å². The molecule has 0 spiro atoms. The molecule has 30 heavy (non-hydrogen) atoms. The first-order chi connectivity index (χ1) is 14.4.